The van der Waals surface area contributed by atoms with Gasteiger partial charge in [0.2, 0.25) is 5.91 Å². The lowest BCUT2D eigenvalue weighted by molar-refractivity contribution is -0.139. The minimum Gasteiger partial charge on any atom is -0.493 e. The third kappa shape index (κ3) is 7.27. The summed E-state index contributed by atoms with van der Waals surface area (Å²) in [6.07, 6.45) is 0.689. The van der Waals surface area contributed by atoms with Crippen LogP contribution in [0.1, 0.15) is 12.5 Å². The van der Waals surface area contributed by atoms with Crippen molar-refractivity contribution in [1.29, 1.82) is 0 Å². The van der Waals surface area contributed by atoms with Crippen LogP contribution in [-0.2, 0) is 20.7 Å². The van der Waals surface area contributed by atoms with Crippen LogP contribution in [0.3, 0.4) is 0 Å². The number of carbonyl (C=O) groups is 2. The van der Waals surface area contributed by atoms with Crippen molar-refractivity contribution in [3.8, 4) is 11.5 Å². The van der Waals surface area contributed by atoms with Gasteiger partial charge >= 0.3 is 5.97 Å². The molecular weight excluding hydrogens is 318 g/mol. The Labute approximate surface area is 140 Å². The zero-order valence-electron chi connectivity index (χ0n) is 13.7. The van der Waals surface area contributed by atoms with Crippen LogP contribution < -0.4 is 14.8 Å². The van der Waals surface area contributed by atoms with E-state index in [1.165, 1.54) is 11.8 Å². The molecule has 0 radical (unpaired) electrons. The first-order valence-corrected chi connectivity index (χ1v) is 8.47. The molecule has 0 saturated carbocycles. The van der Waals surface area contributed by atoms with Gasteiger partial charge in [0.25, 0.3) is 0 Å². The Morgan fingerprint density at radius 1 is 1.13 bits per heavy atom. The summed E-state index contributed by atoms with van der Waals surface area (Å²) in [5.41, 5.74) is 1.04. The molecule has 1 N–H and O–H groups in total. The van der Waals surface area contributed by atoms with Crippen LogP contribution in [0.25, 0.3) is 0 Å². The highest BCUT2D eigenvalue weighted by Crippen LogP contribution is 2.27. The fourth-order valence-electron chi connectivity index (χ4n) is 1.86. The van der Waals surface area contributed by atoms with Gasteiger partial charge in [0.1, 0.15) is 0 Å². The maximum atomic E-state index is 11.7. The molecule has 0 atom stereocenters. The SMILES string of the molecule is CCOC(=O)CSCC(=O)NCCc1ccc(OC)c(OC)c1. The number of esters is 1. The second-order valence-corrected chi connectivity index (χ2v) is 5.57. The minimum atomic E-state index is -0.296. The molecule has 0 aliphatic heterocycles. The van der Waals surface area contributed by atoms with Crippen molar-refractivity contribution in [1.82, 2.24) is 5.32 Å². The van der Waals surface area contributed by atoms with Crippen molar-refractivity contribution < 1.29 is 23.8 Å². The molecule has 7 heteroatoms. The zero-order chi connectivity index (χ0) is 17.1. The number of hydrogen-bond donors (Lipinski definition) is 1. The Morgan fingerprint density at radius 3 is 2.52 bits per heavy atom. The first-order valence-electron chi connectivity index (χ1n) is 7.31. The van der Waals surface area contributed by atoms with Crippen LogP contribution in [0, 0.1) is 0 Å². The van der Waals surface area contributed by atoms with Crippen LogP contribution in [-0.4, -0.2) is 50.8 Å². The minimum absolute atomic E-state index is 0.0974. The van der Waals surface area contributed by atoms with Gasteiger partial charge in [-0.3, -0.25) is 9.59 Å². The number of carbonyl (C=O) groups excluding carboxylic acids is 2. The molecular formula is C16H23NO5S. The van der Waals surface area contributed by atoms with Gasteiger partial charge in [0.15, 0.2) is 11.5 Å². The molecule has 0 spiro atoms. The van der Waals surface area contributed by atoms with Crippen molar-refractivity contribution in [2.45, 2.75) is 13.3 Å². The predicted octanol–water partition coefficient (Wildman–Crippen LogP) is 1.66. The van der Waals surface area contributed by atoms with Gasteiger partial charge in [-0.1, -0.05) is 6.07 Å². The normalized spacial score (nSPS) is 10.0. The van der Waals surface area contributed by atoms with E-state index >= 15 is 0 Å². The van der Waals surface area contributed by atoms with Crippen molar-refractivity contribution in [3.63, 3.8) is 0 Å². The van der Waals surface area contributed by atoms with E-state index in [1.54, 1.807) is 21.1 Å². The molecule has 0 unspecified atom stereocenters. The van der Waals surface area contributed by atoms with Crippen molar-refractivity contribution in [2.24, 2.45) is 0 Å². The van der Waals surface area contributed by atoms with Gasteiger partial charge in [-0.05, 0) is 31.0 Å². The fraction of sp³-hybridized carbons (Fsp3) is 0.500. The quantitative estimate of drug-likeness (QED) is 0.653. The number of rotatable bonds is 10. The summed E-state index contributed by atoms with van der Waals surface area (Å²) < 4.78 is 15.2. The molecule has 1 aromatic carbocycles. The summed E-state index contributed by atoms with van der Waals surface area (Å²) in [4.78, 5) is 22.8. The second kappa shape index (κ2) is 10.8. The monoisotopic (exact) mass is 341 g/mol. The highest BCUT2D eigenvalue weighted by molar-refractivity contribution is 8.00. The standard InChI is InChI=1S/C16H23NO5S/c1-4-22-16(19)11-23-10-15(18)17-8-7-12-5-6-13(20-2)14(9-12)21-3/h5-6,9H,4,7-8,10-11H2,1-3H3,(H,17,18). The van der Waals surface area contributed by atoms with E-state index < -0.39 is 0 Å². The molecule has 0 aliphatic rings. The van der Waals surface area contributed by atoms with Gasteiger partial charge in [-0.2, -0.15) is 0 Å². The molecule has 0 fully saturated rings. The fourth-order valence-corrected chi connectivity index (χ4v) is 2.50. The second-order valence-electron chi connectivity index (χ2n) is 4.59. The van der Waals surface area contributed by atoms with E-state index in [0.717, 1.165) is 5.56 Å². The van der Waals surface area contributed by atoms with Crippen LogP contribution in [0.2, 0.25) is 0 Å². The summed E-state index contributed by atoms with van der Waals surface area (Å²) in [5.74, 6) is 1.38. The number of hydrogen-bond acceptors (Lipinski definition) is 6. The predicted molar refractivity (Wildman–Crippen MR) is 90.2 cm³/mol. The third-order valence-electron chi connectivity index (χ3n) is 2.94. The maximum absolute atomic E-state index is 11.7. The number of thioether (sulfide) groups is 1. The van der Waals surface area contributed by atoms with Gasteiger partial charge < -0.3 is 19.5 Å². The lowest BCUT2D eigenvalue weighted by Crippen LogP contribution is -2.27. The van der Waals surface area contributed by atoms with Gasteiger partial charge in [-0.15, -0.1) is 11.8 Å². The number of benzene rings is 1. The summed E-state index contributed by atoms with van der Waals surface area (Å²) in [7, 11) is 3.18. The molecule has 0 aromatic heterocycles. The summed E-state index contributed by atoms with van der Waals surface area (Å²) >= 11 is 1.24. The first-order chi connectivity index (χ1) is 11.1. The molecule has 1 rings (SSSR count). The lowest BCUT2D eigenvalue weighted by Gasteiger charge is -2.10. The van der Waals surface area contributed by atoms with E-state index in [1.807, 2.05) is 18.2 Å². The van der Waals surface area contributed by atoms with Gasteiger partial charge in [-0.25, -0.2) is 0 Å². The zero-order valence-corrected chi connectivity index (χ0v) is 14.5. The van der Waals surface area contributed by atoms with Gasteiger partial charge in [0.05, 0.1) is 32.3 Å². The molecule has 6 nitrogen and oxygen atoms in total. The molecule has 1 aromatic rings. The highest BCUT2D eigenvalue weighted by atomic mass is 32.2. The number of amides is 1. The van der Waals surface area contributed by atoms with Crippen molar-refractivity contribution in [3.05, 3.63) is 23.8 Å². The number of ether oxygens (including phenoxy) is 3. The van der Waals surface area contributed by atoms with Crippen LogP contribution in [0.15, 0.2) is 18.2 Å². The Balaban J connectivity index is 2.28. The Hall–Kier alpha value is -1.89. The lowest BCUT2D eigenvalue weighted by atomic mass is 10.1. The topological polar surface area (TPSA) is 73.9 Å². The summed E-state index contributed by atoms with van der Waals surface area (Å²) in [5, 5.41) is 2.82. The highest BCUT2D eigenvalue weighted by Gasteiger charge is 2.07. The molecule has 1 amide bonds. The van der Waals surface area contributed by atoms with E-state index in [4.69, 9.17) is 14.2 Å². The molecule has 0 heterocycles. The smallest absolute Gasteiger partial charge is 0.315 e. The van der Waals surface area contributed by atoms with E-state index in [0.29, 0.717) is 31.1 Å². The maximum Gasteiger partial charge on any atom is 0.315 e. The molecule has 0 saturated heterocycles. The third-order valence-corrected chi connectivity index (χ3v) is 3.85. The average Bonchev–Trinajstić information content (AvgIpc) is 2.55. The number of nitrogens with one attached hydrogen (secondary N) is 1. The molecule has 0 bridgehead atoms. The number of methoxy groups -OCH3 is 2. The molecule has 0 aliphatic carbocycles. The van der Waals surface area contributed by atoms with E-state index in [-0.39, 0.29) is 23.4 Å². The van der Waals surface area contributed by atoms with Crippen molar-refractivity contribution in [2.75, 3.05) is 38.9 Å². The summed E-state index contributed by atoms with van der Waals surface area (Å²) in [6.45, 7) is 2.63. The Morgan fingerprint density at radius 2 is 1.87 bits per heavy atom. The van der Waals surface area contributed by atoms with Crippen LogP contribution in [0.5, 0.6) is 11.5 Å². The van der Waals surface area contributed by atoms with E-state index in [2.05, 4.69) is 5.32 Å². The largest absolute Gasteiger partial charge is 0.493 e. The first kappa shape index (κ1) is 19.2. The Bertz CT molecular complexity index is 521. The average molecular weight is 341 g/mol. The van der Waals surface area contributed by atoms with Gasteiger partial charge in [0, 0.05) is 6.54 Å². The summed E-state index contributed by atoms with van der Waals surface area (Å²) in [6, 6.07) is 5.66. The van der Waals surface area contributed by atoms with E-state index in [9.17, 15) is 9.59 Å². The molecule has 128 valence electrons. The molecule has 23 heavy (non-hydrogen) atoms. The Kier molecular flexibility index (Phi) is 8.97. The van der Waals surface area contributed by atoms with Crippen LogP contribution in [0.4, 0.5) is 0 Å². The van der Waals surface area contributed by atoms with Crippen LogP contribution >= 0.6 is 11.8 Å². The van der Waals surface area contributed by atoms with Crippen molar-refractivity contribution >= 4 is 23.6 Å².